The molecule has 38 heavy (non-hydrogen) atoms. The molecular weight excluding hydrogens is 504 g/mol. The highest BCUT2D eigenvalue weighted by Gasteiger charge is 2.63. The number of esters is 2. The van der Waals surface area contributed by atoms with Crippen molar-refractivity contribution in [1.29, 1.82) is 0 Å². The Morgan fingerprint density at radius 3 is 2.11 bits per heavy atom. The molecule has 5 rings (SSSR count). The van der Waals surface area contributed by atoms with Crippen LogP contribution in [0.5, 0.6) is 0 Å². The molecule has 1 unspecified atom stereocenters. The number of rotatable bonds is 5. The zero-order chi connectivity index (χ0) is 27.1. The highest BCUT2D eigenvalue weighted by molar-refractivity contribution is 7.89. The number of hydrazine groups is 1. The molecule has 8 nitrogen and oxygen atoms in total. The van der Waals surface area contributed by atoms with Gasteiger partial charge in [-0.3, -0.25) is 14.6 Å². The van der Waals surface area contributed by atoms with Crippen LogP contribution in [-0.4, -0.2) is 50.5 Å². The van der Waals surface area contributed by atoms with Crippen molar-refractivity contribution in [2.24, 2.45) is 5.41 Å². The van der Waals surface area contributed by atoms with Crippen LogP contribution in [0.3, 0.4) is 0 Å². The number of carbonyl (C=O) groups is 2. The summed E-state index contributed by atoms with van der Waals surface area (Å²) in [5.41, 5.74) is 1.75. The molecule has 0 aromatic heterocycles. The molecule has 0 aliphatic carbocycles. The molecule has 3 aromatic rings. The van der Waals surface area contributed by atoms with Crippen molar-refractivity contribution < 1.29 is 27.5 Å². The van der Waals surface area contributed by atoms with Crippen molar-refractivity contribution in [3.63, 3.8) is 0 Å². The summed E-state index contributed by atoms with van der Waals surface area (Å²) >= 11 is 0. The number of carbonyl (C=O) groups excluding carboxylic acids is 2. The van der Waals surface area contributed by atoms with Gasteiger partial charge in [0.15, 0.2) is 5.41 Å². The minimum Gasteiger partial charge on any atom is -0.468 e. The van der Waals surface area contributed by atoms with Crippen molar-refractivity contribution >= 4 is 33.7 Å². The second-order valence-corrected chi connectivity index (χ2v) is 11.2. The summed E-state index contributed by atoms with van der Waals surface area (Å²) < 4.78 is 40.0. The molecule has 1 saturated heterocycles. The van der Waals surface area contributed by atoms with Gasteiger partial charge in [0.05, 0.1) is 30.9 Å². The number of ether oxygens (including phenoxy) is 2. The lowest BCUT2D eigenvalue weighted by atomic mass is 9.70. The van der Waals surface area contributed by atoms with Gasteiger partial charge < -0.3 is 9.47 Å². The normalized spacial score (nSPS) is 18.6. The van der Waals surface area contributed by atoms with Crippen LogP contribution in [0.25, 0.3) is 11.8 Å². The molecule has 196 valence electrons. The van der Waals surface area contributed by atoms with E-state index in [-0.39, 0.29) is 17.9 Å². The van der Waals surface area contributed by atoms with E-state index < -0.39 is 33.4 Å². The molecule has 0 bridgehead atoms. The Labute approximate surface area is 222 Å². The lowest BCUT2D eigenvalue weighted by Crippen LogP contribution is -2.63. The fraction of sp³-hybridized carbons (Fsp3) is 0.241. The molecule has 0 spiro atoms. The second-order valence-electron chi connectivity index (χ2n) is 9.34. The smallest absolute Gasteiger partial charge is 0.325 e. The first-order valence-electron chi connectivity index (χ1n) is 12.2. The standard InChI is InChI=1S/C29H28N2O6S/c1-20-13-15-23(16-14-20)38(34,35)30-18-17-29(27(32)36-2,28(33)37-3)26-24-12-8-7-11-22(24)19-25(31(26)30)21-9-5-4-6-10-21/h4-16,19,26H,17-18H2,1-3H3. The summed E-state index contributed by atoms with van der Waals surface area (Å²) in [4.78, 5) is 27.2. The Morgan fingerprint density at radius 2 is 1.47 bits per heavy atom. The van der Waals surface area contributed by atoms with Gasteiger partial charge in [0.25, 0.3) is 10.0 Å². The summed E-state index contributed by atoms with van der Waals surface area (Å²) in [6.45, 7) is 1.73. The number of benzene rings is 3. The van der Waals surface area contributed by atoms with Gasteiger partial charge in [0.1, 0.15) is 0 Å². The highest BCUT2D eigenvalue weighted by Crippen LogP contribution is 2.54. The van der Waals surface area contributed by atoms with Crippen molar-refractivity contribution in [3.05, 3.63) is 101 Å². The van der Waals surface area contributed by atoms with Crippen LogP contribution in [0, 0.1) is 12.3 Å². The van der Waals surface area contributed by atoms with Crippen molar-refractivity contribution in [1.82, 2.24) is 9.42 Å². The van der Waals surface area contributed by atoms with Crippen LogP contribution in [0.1, 0.15) is 34.7 Å². The van der Waals surface area contributed by atoms with E-state index in [4.69, 9.17) is 9.47 Å². The van der Waals surface area contributed by atoms with Crippen LogP contribution < -0.4 is 0 Å². The van der Waals surface area contributed by atoms with Crippen molar-refractivity contribution in [2.45, 2.75) is 24.3 Å². The average Bonchev–Trinajstić information content (AvgIpc) is 2.95. The van der Waals surface area contributed by atoms with Crippen LogP contribution in [-0.2, 0) is 29.1 Å². The number of methoxy groups -OCH3 is 2. The fourth-order valence-electron chi connectivity index (χ4n) is 5.38. The Balaban J connectivity index is 1.82. The number of aryl methyl sites for hydroxylation is 1. The van der Waals surface area contributed by atoms with Crippen molar-refractivity contribution in [3.8, 4) is 0 Å². The molecule has 0 amide bonds. The molecule has 1 fully saturated rings. The summed E-state index contributed by atoms with van der Waals surface area (Å²) in [6, 6.07) is 22.2. The fourth-order valence-corrected chi connectivity index (χ4v) is 6.85. The Morgan fingerprint density at radius 1 is 0.868 bits per heavy atom. The zero-order valence-corrected chi connectivity index (χ0v) is 22.1. The van der Waals surface area contributed by atoms with Gasteiger partial charge in [-0.15, -0.1) is 4.41 Å². The molecule has 2 aliphatic heterocycles. The number of sulfonamides is 1. The monoisotopic (exact) mass is 532 g/mol. The number of hydrogen-bond acceptors (Lipinski definition) is 7. The minimum atomic E-state index is -4.09. The average molecular weight is 533 g/mol. The van der Waals surface area contributed by atoms with Gasteiger partial charge in [-0.1, -0.05) is 72.3 Å². The Bertz CT molecular complexity index is 1500. The maximum atomic E-state index is 14.2. The van der Waals surface area contributed by atoms with Gasteiger partial charge >= 0.3 is 11.9 Å². The third kappa shape index (κ3) is 3.90. The maximum absolute atomic E-state index is 14.2. The molecule has 0 radical (unpaired) electrons. The van der Waals surface area contributed by atoms with E-state index in [0.29, 0.717) is 11.3 Å². The maximum Gasteiger partial charge on any atom is 0.325 e. The van der Waals surface area contributed by atoms with Crippen LogP contribution in [0.4, 0.5) is 0 Å². The van der Waals surface area contributed by atoms with Gasteiger partial charge in [-0.25, -0.2) is 8.42 Å². The van der Waals surface area contributed by atoms with E-state index in [1.54, 1.807) is 41.4 Å². The topological polar surface area (TPSA) is 93.2 Å². The van der Waals surface area contributed by atoms with Crippen LogP contribution in [0.15, 0.2) is 83.8 Å². The Kier molecular flexibility index (Phi) is 6.58. The third-order valence-electron chi connectivity index (χ3n) is 7.24. The van der Waals surface area contributed by atoms with E-state index in [1.165, 1.54) is 18.6 Å². The molecule has 2 aliphatic rings. The van der Waals surface area contributed by atoms with Gasteiger partial charge in [0.2, 0.25) is 0 Å². The van der Waals surface area contributed by atoms with E-state index in [1.807, 2.05) is 55.5 Å². The number of nitrogens with zero attached hydrogens (tertiary/aromatic N) is 2. The van der Waals surface area contributed by atoms with E-state index in [2.05, 4.69) is 0 Å². The SMILES string of the molecule is COC(=O)C1(C(=O)OC)CCN(S(=O)(=O)c2ccc(C)cc2)N2C(c3ccccc3)=Cc3ccccc3C21. The molecule has 0 N–H and O–H groups in total. The van der Waals surface area contributed by atoms with E-state index in [9.17, 15) is 18.0 Å². The zero-order valence-electron chi connectivity index (χ0n) is 21.3. The first kappa shape index (κ1) is 25.7. The molecular formula is C29H28N2O6S. The predicted molar refractivity (Wildman–Crippen MR) is 141 cm³/mol. The molecule has 3 aromatic carbocycles. The van der Waals surface area contributed by atoms with Crippen molar-refractivity contribution in [2.75, 3.05) is 20.8 Å². The molecule has 0 saturated carbocycles. The number of fused-ring (bicyclic) bond motifs is 3. The largest absolute Gasteiger partial charge is 0.468 e. The first-order chi connectivity index (χ1) is 18.3. The van der Waals surface area contributed by atoms with Gasteiger partial charge in [0, 0.05) is 6.54 Å². The number of hydrogen-bond donors (Lipinski definition) is 0. The Hall–Kier alpha value is -3.95. The molecule has 9 heteroatoms. The molecule has 1 atom stereocenters. The third-order valence-corrected chi connectivity index (χ3v) is 9.03. The quantitative estimate of drug-likeness (QED) is 0.359. The summed E-state index contributed by atoms with van der Waals surface area (Å²) in [5.74, 6) is -1.56. The van der Waals surface area contributed by atoms with Crippen LogP contribution >= 0.6 is 0 Å². The predicted octanol–water partition coefficient (Wildman–Crippen LogP) is 4.19. The summed E-state index contributed by atoms with van der Waals surface area (Å²) in [5, 5.41) is 1.56. The van der Waals surface area contributed by atoms with Crippen LogP contribution in [0.2, 0.25) is 0 Å². The van der Waals surface area contributed by atoms with Gasteiger partial charge in [-0.05, 0) is 48.2 Å². The summed E-state index contributed by atoms with van der Waals surface area (Å²) in [7, 11) is -1.66. The van der Waals surface area contributed by atoms with E-state index >= 15 is 0 Å². The highest BCUT2D eigenvalue weighted by atomic mass is 32.2. The lowest BCUT2D eigenvalue weighted by molar-refractivity contribution is -0.184. The van der Waals surface area contributed by atoms with E-state index in [0.717, 1.165) is 16.7 Å². The first-order valence-corrected chi connectivity index (χ1v) is 13.6. The minimum absolute atomic E-state index is 0.108. The summed E-state index contributed by atoms with van der Waals surface area (Å²) in [6.07, 6.45) is 1.75. The molecule has 2 heterocycles. The van der Waals surface area contributed by atoms with Gasteiger partial charge in [-0.2, -0.15) is 0 Å². The second kappa shape index (κ2) is 9.74. The lowest BCUT2D eigenvalue weighted by Gasteiger charge is -2.54.